The topological polar surface area (TPSA) is 94.0 Å². The number of rotatable bonds is 3. The third-order valence-corrected chi connectivity index (χ3v) is 3.64. The van der Waals surface area contributed by atoms with Crippen LogP contribution in [0.2, 0.25) is 0 Å². The highest BCUT2D eigenvalue weighted by atomic mass is 19.1. The van der Waals surface area contributed by atoms with Crippen LogP contribution in [0.3, 0.4) is 0 Å². The molecular weight excluding hydrogens is 275 g/mol. The van der Waals surface area contributed by atoms with Crippen molar-refractivity contribution in [3.8, 4) is 11.5 Å². The van der Waals surface area contributed by atoms with Gasteiger partial charge in [-0.2, -0.15) is 4.98 Å². The Morgan fingerprint density at radius 3 is 2.86 bits per heavy atom. The van der Waals surface area contributed by atoms with Crippen molar-refractivity contribution in [3.63, 3.8) is 0 Å². The van der Waals surface area contributed by atoms with E-state index < -0.39 is 11.4 Å². The van der Waals surface area contributed by atoms with Crippen LogP contribution in [0.4, 0.5) is 10.1 Å². The van der Waals surface area contributed by atoms with Crippen LogP contribution in [0.5, 0.6) is 0 Å². The zero-order chi connectivity index (χ0) is 15.0. The van der Waals surface area contributed by atoms with Gasteiger partial charge in [-0.3, -0.25) is 4.79 Å². The lowest BCUT2D eigenvalue weighted by Crippen LogP contribution is -2.44. The number of anilines is 1. The third-order valence-electron chi connectivity index (χ3n) is 3.64. The van der Waals surface area contributed by atoms with E-state index >= 15 is 0 Å². The molecule has 110 valence electrons. The Labute approximate surface area is 120 Å². The highest BCUT2D eigenvalue weighted by Crippen LogP contribution is 2.37. The summed E-state index contributed by atoms with van der Waals surface area (Å²) >= 11 is 0. The fourth-order valence-electron chi connectivity index (χ4n) is 2.27. The number of aromatic nitrogens is 2. The molecule has 7 heteroatoms. The van der Waals surface area contributed by atoms with E-state index in [4.69, 9.17) is 10.3 Å². The summed E-state index contributed by atoms with van der Waals surface area (Å²) < 4.78 is 18.8. The van der Waals surface area contributed by atoms with Gasteiger partial charge in [0, 0.05) is 12.5 Å². The van der Waals surface area contributed by atoms with Gasteiger partial charge in [0.15, 0.2) is 5.82 Å². The van der Waals surface area contributed by atoms with Gasteiger partial charge in [0.25, 0.3) is 5.89 Å². The number of nitrogens with two attached hydrogens (primary N) is 1. The fourth-order valence-corrected chi connectivity index (χ4v) is 2.27. The minimum Gasteiger partial charge on any atom is -0.334 e. The monoisotopic (exact) mass is 290 g/mol. The maximum Gasteiger partial charge on any atom is 0.258 e. The number of hydrogen-bond acceptors (Lipinski definition) is 5. The molecule has 3 N–H and O–H groups in total. The number of carbonyl (C=O) groups is 1. The third kappa shape index (κ3) is 2.52. The first-order valence-electron chi connectivity index (χ1n) is 6.68. The number of carbonyl (C=O) groups excluding carboxylic acids is 1. The van der Waals surface area contributed by atoms with Crippen molar-refractivity contribution >= 4 is 11.6 Å². The molecule has 0 radical (unpaired) electrons. The molecule has 1 heterocycles. The summed E-state index contributed by atoms with van der Waals surface area (Å²) in [7, 11) is 0. The molecule has 1 saturated carbocycles. The van der Waals surface area contributed by atoms with E-state index in [1.54, 1.807) is 0 Å². The highest BCUT2D eigenvalue weighted by Gasteiger charge is 2.39. The molecule has 1 aromatic carbocycles. The predicted octanol–water partition coefficient (Wildman–Crippen LogP) is 2.17. The van der Waals surface area contributed by atoms with E-state index in [0.717, 1.165) is 19.3 Å². The molecule has 1 fully saturated rings. The Morgan fingerprint density at radius 1 is 1.48 bits per heavy atom. The molecule has 2 aromatic rings. The fraction of sp³-hybridized carbons (Fsp3) is 0.357. The van der Waals surface area contributed by atoms with Crippen molar-refractivity contribution in [1.29, 1.82) is 0 Å². The van der Waals surface area contributed by atoms with Gasteiger partial charge in [-0.15, -0.1) is 0 Å². The molecule has 21 heavy (non-hydrogen) atoms. The Kier molecular flexibility index (Phi) is 3.21. The molecule has 6 nitrogen and oxygen atoms in total. The molecule has 1 aromatic heterocycles. The second-order valence-electron chi connectivity index (χ2n) is 5.31. The van der Waals surface area contributed by atoms with Gasteiger partial charge in [0.1, 0.15) is 5.82 Å². The van der Waals surface area contributed by atoms with E-state index in [-0.39, 0.29) is 17.5 Å². The van der Waals surface area contributed by atoms with Gasteiger partial charge in [-0.1, -0.05) is 5.16 Å². The number of nitrogens with one attached hydrogen (secondary N) is 1. The van der Waals surface area contributed by atoms with E-state index in [2.05, 4.69) is 15.5 Å². The van der Waals surface area contributed by atoms with Crippen LogP contribution in [-0.4, -0.2) is 16.0 Å². The average molecular weight is 290 g/mol. The molecule has 0 bridgehead atoms. The summed E-state index contributed by atoms with van der Waals surface area (Å²) in [5, 5.41) is 6.32. The molecule has 1 aliphatic carbocycles. The first-order chi connectivity index (χ1) is 9.98. The predicted molar refractivity (Wildman–Crippen MR) is 73.7 cm³/mol. The Morgan fingerprint density at radius 2 is 2.24 bits per heavy atom. The van der Waals surface area contributed by atoms with E-state index in [1.165, 1.54) is 25.1 Å². The summed E-state index contributed by atoms with van der Waals surface area (Å²) in [4.78, 5) is 15.3. The number of benzene rings is 1. The lowest BCUT2D eigenvalue weighted by molar-refractivity contribution is -0.114. The molecular formula is C14H15FN4O2. The number of hydrogen-bond donors (Lipinski definition) is 2. The van der Waals surface area contributed by atoms with Gasteiger partial charge < -0.3 is 15.6 Å². The zero-order valence-corrected chi connectivity index (χ0v) is 11.5. The summed E-state index contributed by atoms with van der Waals surface area (Å²) in [6.45, 7) is 1.31. The van der Waals surface area contributed by atoms with Crippen LogP contribution < -0.4 is 11.1 Å². The van der Waals surface area contributed by atoms with Crippen LogP contribution in [0, 0.1) is 5.82 Å². The SMILES string of the molecule is CC(=O)Nc1cc(-c2nc(C3(N)CCC3)no2)ccc1F. The first kappa shape index (κ1) is 13.7. The van der Waals surface area contributed by atoms with E-state index in [0.29, 0.717) is 11.4 Å². The van der Waals surface area contributed by atoms with Crippen LogP contribution >= 0.6 is 0 Å². The minimum atomic E-state index is -0.525. The Balaban J connectivity index is 1.92. The van der Waals surface area contributed by atoms with Crippen LogP contribution in [0.25, 0.3) is 11.5 Å². The van der Waals surface area contributed by atoms with E-state index in [9.17, 15) is 9.18 Å². The first-order valence-corrected chi connectivity index (χ1v) is 6.68. The number of halogens is 1. The maximum atomic E-state index is 13.6. The summed E-state index contributed by atoms with van der Waals surface area (Å²) in [6, 6.07) is 4.21. The highest BCUT2D eigenvalue weighted by molar-refractivity contribution is 5.89. The maximum absolute atomic E-state index is 13.6. The van der Waals surface area contributed by atoms with Gasteiger partial charge in [0.05, 0.1) is 11.2 Å². The molecule has 1 amide bonds. The van der Waals surface area contributed by atoms with Gasteiger partial charge in [-0.25, -0.2) is 4.39 Å². The molecule has 1 aliphatic rings. The van der Waals surface area contributed by atoms with Crippen molar-refractivity contribution in [1.82, 2.24) is 10.1 Å². The smallest absolute Gasteiger partial charge is 0.258 e. The molecule has 3 rings (SSSR count). The quantitative estimate of drug-likeness (QED) is 0.903. The number of amides is 1. The normalized spacial score (nSPS) is 16.3. The summed E-state index contributed by atoms with van der Waals surface area (Å²) in [6.07, 6.45) is 2.70. The lowest BCUT2D eigenvalue weighted by Gasteiger charge is -2.34. The minimum absolute atomic E-state index is 0.0749. The molecule has 0 atom stereocenters. The zero-order valence-electron chi connectivity index (χ0n) is 11.5. The summed E-state index contributed by atoms with van der Waals surface area (Å²) in [5.74, 6) is -0.155. The van der Waals surface area contributed by atoms with Crippen molar-refractivity contribution in [2.24, 2.45) is 5.73 Å². The average Bonchev–Trinajstić information content (AvgIpc) is 2.88. The van der Waals surface area contributed by atoms with Crippen molar-refractivity contribution in [3.05, 3.63) is 29.8 Å². The van der Waals surface area contributed by atoms with Crippen molar-refractivity contribution in [2.45, 2.75) is 31.7 Å². The lowest BCUT2D eigenvalue weighted by atomic mass is 9.77. The van der Waals surface area contributed by atoms with Crippen LogP contribution in [0.1, 0.15) is 32.0 Å². The molecule has 0 saturated heterocycles. The molecule has 0 spiro atoms. The Bertz CT molecular complexity index is 694. The van der Waals surface area contributed by atoms with Gasteiger partial charge in [-0.05, 0) is 37.5 Å². The van der Waals surface area contributed by atoms with Gasteiger partial charge in [0.2, 0.25) is 5.91 Å². The van der Waals surface area contributed by atoms with Crippen molar-refractivity contribution in [2.75, 3.05) is 5.32 Å². The standard InChI is InChI=1S/C14H15FN4O2/c1-8(20)17-11-7-9(3-4-10(11)15)12-18-13(19-21-12)14(16)5-2-6-14/h3-4,7H,2,5-6,16H2,1H3,(H,17,20). The van der Waals surface area contributed by atoms with Crippen molar-refractivity contribution < 1.29 is 13.7 Å². The largest absolute Gasteiger partial charge is 0.334 e. The van der Waals surface area contributed by atoms with E-state index in [1.807, 2.05) is 0 Å². The van der Waals surface area contributed by atoms with Crippen LogP contribution in [0.15, 0.2) is 22.7 Å². The number of nitrogens with zero attached hydrogens (tertiary/aromatic N) is 2. The summed E-state index contributed by atoms with van der Waals surface area (Å²) in [5.41, 5.74) is 6.23. The Hall–Kier alpha value is -2.28. The van der Waals surface area contributed by atoms with Gasteiger partial charge >= 0.3 is 0 Å². The molecule has 0 aliphatic heterocycles. The second kappa shape index (κ2) is 4.92. The van der Waals surface area contributed by atoms with Crippen LogP contribution in [-0.2, 0) is 10.3 Å². The molecule has 0 unspecified atom stereocenters. The second-order valence-corrected chi connectivity index (χ2v) is 5.31.